The van der Waals surface area contributed by atoms with E-state index in [1.54, 1.807) is 12.1 Å². The lowest BCUT2D eigenvalue weighted by atomic mass is 10.0. The zero-order valence-electron chi connectivity index (χ0n) is 10.1. The molecule has 0 aliphatic carbocycles. The molecular formula is C13H19ClFNO. The number of hydrogen-bond acceptors (Lipinski definition) is 2. The Balaban J connectivity index is 0.00000144. The molecule has 1 saturated heterocycles. The van der Waals surface area contributed by atoms with Gasteiger partial charge in [-0.15, -0.1) is 12.4 Å². The number of halogens is 2. The summed E-state index contributed by atoms with van der Waals surface area (Å²) in [6, 6.07) is 6.14. The van der Waals surface area contributed by atoms with E-state index in [1.165, 1.54) is 12.1 Å². The average Bonchev–Trinajstić information content (AvgIpc) is 2.59. The van der Waals surface area contributed by atoms with Gasteiger partial charge in [0.1, 0.15) is 5.82 Å². The van der Waals surface area contributed by atoms with Gasteiger partial charge in [0.2, 0.25) is 0 Å². The fourth-order valence-electron chi connectivity index (χ4n) is 2.29. The van der Waals surface area contributed by atoms with Gasteiger partial charge in [-0.1, -0.05) is 12.1 Å². The van der Waals surface area contributed by atoms with Crippen LogP contribution in [0.5, 0.6) is 0 Å². The van der Waals surface area contributed by atoms with Gasteiger partial charge in [-0.3, -0.25) is 0 Å². The Labute approximate surface area is 108 Å². The van der Waals surface area contributed by atoms with Crippen LogP contribution >= 0.6 is 12.4 Å². The first-order chi connectivity index (χ1) is 7.48. The summed E-state index contributed by atoms with van der Waals surface area (Å²) in [5.41, 5.74) is 0.864. The highest BCUT2D eigenvalue weighted by atomic mass is 35.5. The number of aliphatic hydroxyl groups excluding tert-OH is 1. The van der Waals surface area contributed by atoms with Crippen molar-refractivity contribution in [2.24, 2.45) is 0 Å². The van der Waals surface area contributed by atoms with E-state index in [0.717, 1.165) is 18.4 Å². The molecule has 1 aromatic carbocycles. The fraction of sp³-hybridized carbons (Fsp3) is 0.538. The Kier molecular flexibility index (Phi) is 4.53. The lowest BCUT2D eigenvalue weighted by molar-refractivity contribution is 0.131. The molecule has 1 aromatic rings. The topological polar surface area (TPSA) is 32.3 Å². The van der Waals surface area contributed by atoms with E-state index in [1.807, 2.05) is 0 Å². The van der Waals surface area contributed by atoms with Gasteiger partial charge in [0.05, 0.1) is 6.10 Å². The Morgan fingerprint density at radius 2 is 1.94 bits per heavy atom. The number of hydrogen-bond donors (Lipinski definition) is 2. The van der Waals surface area contributed by atoms with Crippen molar-refractivity contribution in [2.75, 3.05) is 0 Å². The average molecular weight is 260 g/mol. The summed E-state index contributed by atoms with van der Waals surface area (Å²) in [5, 5.41) is 13.6. The van der Waals surface area contributed by atoms with Gasteiger partial charge >= 0.3 is 0 Å². The summed E-state index contributed by atoms with van der Waals surface area (Å²) < 4.78 is 12.8. The van der Waals surface area contributed by atoms with Crippen LogP contribution in [0, 0.1) is 5.82 Å². The van der Waals surface area contributed by atoms with Crippen LogP contribution in [0.15, 0.2) is 24.3 Å². The number of nitrogens with one attached hydrogen (secondary N) is 1. The molecule has 1 heterocycles. The molecule has 2 rings (SSSR count). The Morgan fingerprint density at radius 1 is 1.35 bits per heavy atom. The molecule has 0 amide bonds. The van der Waals surface area contributed by atoms with Gasteiger partial charge in [-0.2, -0.15) is 0 Å². The maximum atomic E-state index is 12.8. The van der Waals surface area contributed by atoms with Crippen molar-refractivity contribution >= 4 is 12.4 Å². The number of benzene rings is 1. The maximum absolute atomic E-state index is 12.8. The summed E-state index contributed by atoms with van der Waals surface area (Å²) in [7, 11) is 0. The molecule has 0 spiro atoms. The summed E-state index contributed by atoms with van der Waals surface area (Å²) >= 11 is 0. The standard InChI is InChI=1S/C13H18FNO.ClH/c1-13(2)8-7-11(15-13)12(16)9-3-5-10(14)6-4-9;/h3-6,11-12,15-16H,7-8H2,1-2H3;1H/t11?,12-;/m1./s1. The van der Waals surface area contributed by atoms with Crippen molar-refractivity contribution in [1.29, 1.82) is 0 Å². The van der Waals surface area contributed by atoms with Crippen molar-refractivity contribution in [1.82, 2.24) is 5.32 Å². The lowest BCUT2D eigenvalue weighted by Crippen LogP contribution is -2.40. The molecule has 0 saturated carbocycles. The van der Waals surface area contributed by atoms with Gasteiger partial charge in [-0.25, -0.2) is 4.39 Å². The van der Waals surface area contributed by atoms with Gasteiger partial charge in [0.25, 0.3) is 0 Å². The zero-order valence-corrected chi connectivity index (χ0v) is 10.9. The molecule has 0 bridgehead atoms. The van der Waals surface area contributed by atoms with Gasteiger partial charge < -0.3 is 10.4 Å². The van der Waals surface area contributed by atoms with E-state index < -0.39 is 6.10 Å². The molecule has 1 fully saturated rings. The molecule has 2 N–H and O–H groups in total. The third kappa shape index (κ3) is 3.41. The third-order valence-electron chi connectivity index (χ3n) is 3.25. The van der Waals surface area contributed by atoms with Crippen LogP contribution in [0.3, 0.4) is 0 Å². The van der Waals surface area contributed by atoms with Crippen molar-refractivity contribution in [3.8, 4) is 0 Å². The predicted molar refractivity (Wildman–Crippen MR) is 68.8 cm³/mol. The van der Waals surface area contributed by atoms with Crippen LogP contribution in [-0.2, 0) is 0 Å². The SMILES string of the molecule is CC1(C)CCC([C@H](O)c2ccc(F)cc2)N1.Cl. The van der Waals surface area contributed by atoms with Crippen molar-refractivity contribution < 1.29 is 9.50 Å². The van der Waals surface area contributed by atoms with E-state index >= 15 is 0 Å². The predicted octanol–water partition coefficient (Wildman–Crippen LogP) is 2.81. The molecule has 2 nitrogen and oxygen atoms in total. The van der Waals surface area contributed by atoms with Crippen LogP contribution < -0.4 is 5.32 Å². The first kappa shape index (κ1) is 14.4. The highest BCUT2D eigenvalue weighted by Gasteiger charge is 2.34. The van der Waals surface area contributed by atoms with E-state index in [4.69, 9.17) is 0 Å². The summed E-state index contributed by atoms with van der Waals surface area (Å²) in [4.78, 5) is 0. The molecule has 1 unspecified atom stereocenters. The fourth-order valence-corrected chi connectivity index (χ4v) is 2.29. The lowest BCUT2D eigenvalue weighted by Gasteiger charge is -2.23. The van der Waals surface area contributed by atoms with Crippen molar-refractivity contribution in [3.63, 3.8) is 0 Å². The second kappa shape index (κ2) is 5.34. The second-order valence-electron chi connectivity index (χ2n) is 5.17. The molecule has 1 aliphatic heterocycles. The molecule has 2 atom stereocenters. The van der Waals surface area contributed by atoms with Crippen molar-refractivity contribution in [3.05, 3.63) is 35.6 Å². The maximum Gasteiger partial charge on any atom is 0.123 e. The van der Waals surface area contributed by atoms with E-state index in [9.17, 15) is 9.50 Å². The quantitative estimate of drug-likeness (QED) is 0.856. The summed E-state index contributed by atoms with van der Waals surface area (Å²) in [6.07, 6.45) is 1.45. The smallest absolute Gasteiger partial charge is 0.123 e. The highest BCUT2D eigenvalue weighted by molar-refractivity contribution is 5.85. The monoisotopic (exact) mass is 259 g/mol. The molecule has 0 radical (unpaired) electrons. The number of rotatable bonds is 2. The van der Waals surface area contributed by atoms with Gasteiger partial charge in [-0.05, 0) is 44.4 Å². The van der Waals surface area contributed by atoms with E-state index in [-0.39, 0.29) is 29.8 Å². The third-order valence-corrected chi connectivity index (χ3v) is 3.25. The van der Waals surface area contributed by atoms with E-state index in [2.05, 4.69) is 19.2 Å². The summed E-state index contributed by atoms with van der Waals surface area (Å²) in [6.45, 7) is 4.26. The first-order valence-electron chi connectivity index (χ1n) is 5.69. The first-order valence-corrected chi connectivity index (χ1v) is 5.69. The van der Waals surface area contributed by atoms with E-state index in [0.29, 0.717) is 0 Å². The molecule has 4 heteroatoms. The minimum atomic E-state index is -0.553. The molecular weight excluding hydrogens is 241 g/mol. The van der Waals surface area contributed by atoms with Crippen molar-refractivity contribution in [2.45, 2.75) is 44.4 Å². The van der Waals surface area contributed by atoms with Gasteiger partial charge in [0.15, 0.2) is 0 Å². The molecule has 17 heavy (non-hydrogen) atoms. The number of aliphatic hydroxyl groups is 1. The molecule has 96 valence electrons. The Hall–Kier alpha value is -0.640. The highest BCUT2D eigenvalue weighted by Crippen LogP contribution is 2.30. The Bertz CT molecular complexity index is 366. The molecule has 1 aliphatic rings. The minimum absolute atomic E-state index is 0. The largest absolute Gasteiger partial charge is 0.387 e. The molecule has 0 aromatic heterocycles. The van der Waals surface area contributed by atoms with Crippen LogP contribution in [-0.4, -0.2) is 16.7 Å². The zero-order chi connectivity index (χ0) is 11.8. The minimum Gasteiger partial charge on any atom is -0.387 e. The van der Waals surface area contributed by atoms with Gasteiger partial charge in [0, 0.05) is 11.6 Å². The normalized spacial score (nSPS) is 24.1. The van der Waals surface area contributed by atoms with Crippen LogP contribution in [0.4, 0.5) is 4.39 Å². The second-order valence-corrected chi connectivity index (χ2v) is 5.17. The van der Waals surface area contributed by atoms with Crippen LogP contribution in [0.25, 0.3) is 0 Å². The van der Waals surface area contributed by atoms with Crippen LogP contribution in [0.2, 0.25) is 0 Å². The van der Waals surface area contributed by atoms with Crippen LogP contribution in [0.1, 0.15) is 38.4 Å². The Morgan fingerprint density at radius 3 is 2.41 bits per heavy atom. The summed E-state index contributed by atoms with van der Waals surface area (Å²) in [5.74, 6) is -0.268.